The second kappa shape index (κ2) is 8.02. The van der Waals surface area contributed by atoms with Crippen molar-refractivity contribution >= 4 is 29.5 Å². The van der Waals surface area contributed by atoms with Gasteiger partial charge >= 0.3 is 5.97 Å². The Balaban J connectivity index is 1.65. The Morgan fingerprint density at radius 3 is 2.80 bits per heavy atom. The lowest BCUT2D eigenvalue weighted by atomic mass is 10.1. The molecular weight excluding hydrogens is 384 g/mol. The molecule has 0 fully saturated rings. The van der Waals surface area contributed by atoms with Crippen molar-refractivity contribution in [1.82, 2.24) is 0 Å². The van der Waals surface area contributed by atoms with Crippen molar-refractivity contribution in [2.75, 3.05) is 25.7 Å². The number of benzene rings is 2. The number of carbonyl (C=O) groups is 2. The van der Waals surface area contributed by atoms with Gasteiger partial charge < -0.3 is 14.2 Å². The van der Waals surface area contributed by atoms with Crippen LogP contribution in [0.2, 0.25) is 0 Å². The van der Waals surface area contributed by atoms with E-state index in [0.717, 1.165) is 17.7 Å². The Hall–Kier alpha value is -3.61. The van der Waals surface area contributed by atoms with Crippen LogP contribution in [0.25, 0.3) is 0 Å². The topological polar surface area (TPSA) is 77.4 Å². The molecule has 2 aromatic rings. The maximum absolute atomic E-state index is 13.4. The summed E-state index contributed by atoms with van der Waals surface area (Å²) in [7, 11) is 2.84. The normalized spacial score (nSPS) is 17.0. The number of hydrogen-bond acceptors (Lipinski definition) is 6. The van der Waals surface area contributed by atoms with Crippen LogP contribution in [0.3, 0.4) is 0 Å². The third-order valence-corrected chi connectivity index (χ3v) is 5.15. The second-order valence-corrected chi connectivity index (χ2v) is 7.18. The van der Waals surface area contributed by atoms with Gasteiger partial charge in [-0.1, -0.05) is 18.2 Å². The molecule has 154 valence electrons. The smallest absolute Gasteiger partial charge is 0.330 e. The lowest BCUT2D eigenvalue weighted by Crippen LogP contribution is -2.37. The molecule has 0 bridgehead atoms. The first kappa shape index (κ1) is 19.7. The molecule has 7 nitrogen and oxygen atoms in total. The summed E-state index contributed by atoms with van der Waals surface area (Å²) in [6.07, 6.45) is 3.91. The van der Waals surface area contributed by atoms with Crippen molar-refractivity contribution in [3.63, 3.8) is 0 Å². The van der Waals surface area contributed by atoms with Crippen LogP contribution in [-0.4, -0.2) is 45.0 Å². The van der Waals surface area contributed by atoms with Gasteiger partial charge in [-0.15, -0.1) is 0 Å². The van der Waals surface area contributed by atoms with Crippen molar-refractivity contribution in [2.24, 2.45) is 4.99 Å². The van der Waals surface area contributed by atoms with Crippen molar-refractivity contribution in [3.05, 3.63) is 59.2 Å². The Morgan fingerprint density at radius 2 is 2.03 bits per heavy atom. The molecule has 0 radical (unpaired) electrons. The Bertz CT molecular complexity index is 1070. The van der Waals surface area contributed by atoms with E-state index in [1.54, 1.807) is 24.0 Å². The molecule has 2 aromatic carbocycles. The molecule has 0 aliphatic carbocycles. The summed E-state index contributed by atoms with van der Waals surface area (Å²) in [5.41, 5.74) is 3.71. The van der Waals surface area contributed by atoms with E-state index >= 15 is 0 Å². The zero-order chi connectivity index (χ0) is 21.3. The van der Waals surface area contributed by atoms with Gasteiger partial charge in [0.05, 0.1) is 31.5 Å². The van der Waals surface area contributed by atoms with Crippen LogP contribution in [-0.2, 0) is 16.0 Å². The van der Waals surface area contributed by atoms with Gasteiger partial charge in [-0.25, -0.2) is 4.79 Å². The van der Waals surface area contributed by atoms with Crippen molar-refractivity contribution in [1.29, 1.82) is 0 Å². The SMILES string of the molecule is COC(=O)/C=C(\C)COc1cc2c(cc1OC)C(=O)N1c3ccccc3C[C@H]1C=N2. The summed E-state index contributed by atoms with van der Waals surface area (Å²) in [6, 6.07) is 11.1. The van der Waals surface area contributed by atoms with Crippen LogP contribution in [0.1, 0.15) is 22.8 Å². The Kier molecular flexibility index (Phi) is 5.27. The lowest BCUT2D eigenvalue weighted by molar-refractivity contribution is -0.134. The number of ether oxygens (including phenoxy) is 3. The van der Waals surface area contributed by atoms with Gasteiger partial charge in [0.15, 0.2) is 11.5 Å². The van der Waals surface area contributed by atoms with Crippen molar-refractivity contribution in [3.8, 4) is 11.5 Å². The summed E-state index contributed by atoms with van der Waals surface area (Å²) in [5, 5.41) is 0. The van der Waals surface area contributed by atoms with E-state index in [1.165, 1.54) is 20.3 Å². The number of carbonyl (C=O) groups excluding carboxylic acids is 2. The Morgan fingerprint density at radius 1 is 1.23 bits per heavy atom. The lowest BCUT2D eigenvalue weighted by Gasteiger charge is -2.22. The summed E-state index contributed by atoms with van der Waals surface area (Å²) in [5.74, 6) is 0.306. The molecule has 0 aromatic heterocycles. The van der Waals surface area contributed by atoms with E-state index in [4.69, 9.17) is 9.47 Å². The van der Waals surface area contributed by atoms with Crippen LogP contribution in [0.15, 0.2) is 53.0 Å². The van der Waals surface area contributed by atoms with Gasteiger partial charge in [0.1, 0.15) is 6.61 Å². The fraction of sp³-hybridized carbons (Fsp3) is 0.261. The minimum absolute atomic E-state index is 0.121. The number of amides is 1. The average Bonchev–Trinajstić information content (AvgIpc) is 3.07. The number of rotatable bonds is 5. The van der Waals surface area contributed by atoms with Crippen molar-refractivity contribution < 1.29 is 23.8 Å². The number of nitrogens with zero attached hydrogens (tertiary/aromatic N) is 2. The van der Waals surface area contributed by atoms with E-state index in [2.05, 4.69) is 9.73 Å². The van der Waals surface area contributed by atoms with E-state index in [-0.39, 0.29) is 18.6 Å². The number of para-hydroxylation sites is 1. The number of methoxy groups -OCH3 is 2. The van der Waals surface area contributed by atoms with E-state index in [9.17, 15) is 9.59 Å². The highest BCUT2D eigenvalue weighted by molar-refractivity contribution is 6.14. The maximum atomic E-state index is 13.4. The van der Waals surface area contributed by atoms with Gasteiger partial charge in [-0.3, -0.25) is 14.7 Å². The number of esters is 1. The molecule has 0 saturated carbocycles. The van der Waals surface area contributed by atoms with Crippen molar-refractivity contribution in [2.45, 2.75) is 19.4 Å². The summed E-state index contributed by atoms with van der Waals surface area (Å²) >= 11 is 0. The minimum atomic E-state index is -0.443. The van der Waals surface area contributed by atoms with Gasteiger partial charge in [0, 0.05) is 30.5 Å². The summed E-state index contributed by atoms with van der Waals surface area (Å²) < 4.78 is 15.9. The number of anilines is 1. The van der Waals surface area contributed by atoms with Gasteiger partial charge in [-0.05, 0) is 30.2 Å². The van der Waals surface area contributed by atoms with Crippen LogP contribution < -0.4 is 14.4 Å². The van der Waals surface area contributed by atoms with Gasteiger partial charge in [-0.2, -0.15) is 0 Å². The van der Waals surface area contributed by atoms with Crippen LogP contribution in [0.5, 0.6) is 11.5 Å². The molecule has 0 N–H and O–H groups in total. The highest BCUT2D eigenvalue weighted by atomic mass is 16.5. The summed E-state index contributed by atoms with van der Waals surface area (Å²) in [4.78, 5) is 31.1. The van der Waals surface area contributed by atoms with Crippen LogP contribution >= 0.6 is 0 Å². The molecule has 0 unspecified atom stereocenters. The molecule has 4 rings (SSSR count). The van der Waals surface area contributed by atoms with E-state index in [1.807, 2.05) is 30.5 Å². The van der Waals surface area contributed by atoms with Crippen LogP contribution in [0, 0.1) is 0 Å². The molecule has 2 aliphatic rings. The third-order valence-electron chi connectivity index (χ3n) is 5.15. The second-order valence-electron chi connectivity index (χ2n) is 7.18. The highest BCUT2D eigenvalue weighted by Crippen LogP contribution is 2.40. The monoisotopic (exact) mass is 406 g/mol. The zero-order valence-corrected chi connectivity index (χ0v) is 17.0. The highest BCUT2D eigenvalue weighted by Gasteiger charge is 2.36. The molecule has 1 amide bonds. The first-order chi connectivity index (χ1) is 14.5. The fourth-order valence-corrected chi connectivity index (χ4v) is 3.68. The third kappa shape index (κ3) is 3.54. The fourth-order valence-electron chi connectivity index (χ4n) is 3.68. The standard InChI is InChI=1S/C23H22N2O5/c1-14(8-22(26)29-3)13-30-21-11-18-17(10-20(21)28-2)23(27)25-16(12-24-18)9-15-6-4-5-7-19(15)25/h4-8,10-12,16H,9,13H2,1-3H3/b14-8+/t16-/m0/s1. The first-order valence-corrected chi connectivity index (χ1v) is 9.57. The zero-order valence-electron chi connectivity index (χ0n) is 17.0. The van der Waals surface area contributed by atoms with E-state index in [0.29, 0.717) is 28.3 Å². The van der Waals surface area contributed by atoms with Gasteiger partial charge in [0.2, 0.25) is 0 Å². The predicted octanol–water partition coefficient (Wildman–Crippen LogP) is 3.48. The van der Waals surface area contributed by atoms with E-state index < -0.39 is 5.97 Å². The molecule has 2 heterocycles. The predicted molar refractivity (Wildman–Crippen MR) is 113 cm³/mol. The molecule has 0 spiro atoms. The molecule has 1 atom stereocenters. The number of hydrogen-bond donors (Lipinski definition) is 0. The average molecular weight is 406 g/mol. The summed E-state index contributed by atoms with van der Waals surface area (Å²) in [6.45, 7) is 1.93. The quantitative estimate of drug-likeness (QED) is 0.561. The van der Waals surface area contributed by atoms with Crippen LogP contribution in [0.4, 0.5) is 11.4 Å². The molecule has 2 aliphatic heterocycles. The number of fused-ring (bicyclic) bond motifs is 4. The first-order valence-electron chi connectivity index (χ1n) is 9.57. The Labute approximate surface area is 174 Å². The largest absolute Gasteiger partial charge is 0.493 e. The maximum Gasteiger partial charge on any atom is 0.330 e. The molecule has 0 saturated heterocycles. The molecular formula is C23H22N2O5. The minimum Gasteiger partial charge on any atom is -0.493 e. The molecule has 30 heavy (non-hydrogen) atoms. The van der Waals surface area contributed by atoms with Gasteiger partial charge in [0.25, 0.3) is 5.91 Å². The molecule has 7 heteroatoms. The number of aliphatic imine (C=N–C) groups is 1.